The van der Waals surface area contributed by atoms with E-state index in [9.17, 15) is 19.8 Å². The van der Waals surface area contributed by atoms with Crippen molar-refractivity contribution < 1.29 is 24.5 Å². The molecule has 6 nitrogen and oxygen atoms in total. The maximum Gasteiger partial charge on any atom is 0.305 e. The normalized spacial score (nSPS) is 12.6. The Kier molecular flexibility index (Phi) is 53.0. The van der Waals surface area contributed by atoms with E-state index >= 15 is 0 Å². The lowest BCUT2D eigenvalue weighted by Crippen LogP contribution is -2.45. The number of aliphatic hydroxyl groups excluding tert-OH is 2. The first-order valence-electron chi connectivity index (χ1n) is 28.9. The summed E-state index contributed by atoms with van der Waals surface area (Å²) in [6.07, 6.45) is 63.3. The van der Waals surface area contributed by atoms with Crippen LogP contribution in [0, 0.1) is 0 Å². The Balaban J connectivity index is 3.44. The number of esters is 1. The molecule has 380 valence electrons. The van der Waals surface area contributed by atoms with E-state index in [4.69, 9.17) is 4.74 Å². The highest BCUT2D eigenvalue weighted by Gasteiger charge is 2.20. The third kappa shape index (κ3) is 50.0. The zero-order valence-electron chi connectivity index (χ0n) is 43.3. The van der Waals surface area contributed by atoms with Crippen LogP contribution < -0.4 is 5.32 Å². The van der Waals surface area contributed by atoms with Gasteiger partial charge in [-0.25, -0.2) is 0 Å². The number of nitrogens with one attached hydrogen (secondary N) is 1. The second-order valence-electron chi connectivity index (χ2n) is 20.0. The van der Waals surface area contributed by atoms with Gasteiger partial charge in [0.2, 0.25) is 5.91 Å². The molecule has 0 aliphatic heterocycles. The summed E-state index contributed by atoms with van der Waals surface area (Å²) in [6, 6.07) is -0.549. The molecule has 0 saturated heterocycles. The van der Waals surface area contributed by atoms with Crippen LogP contribution in [-0.4, -0.2) is 47.4 Å². The summed E-state index contributed by atoms with van der Waals surface area (Å²) in [7, 11) is 0. The predicted molar refractivity (Wildman–Crippen MR) is 278 cm³/mol. The molecule has 2 unspecified atom stereocenters. The number of hydrogen-bond acceptors (Lipinski definition) is 5. The van der Waals surface area contributed by atoms with Gasteiger partial charge >= 0.3 is 5.97 Å². The Bertz CT molecular complexity index is 955. The fourth-order valence-corrected chi connectivity index (χ4v) is 9.11. The number of amides is 1. The van der Waals surface area contributed by atoms with Crippen LogP contribution in [0.2, 0.25) is 0 Å². The lowest BCUT2D eigenvalue weighted by Gasteiger charge is -2.22. The van der Waals surface area contributed by atoms with Crippen molar-refractivity contribution in [2.45, 2.75) is 334 Å². The lowest BCUT2D eigenvalue weighted by molar-refractivity contribution is -0.143. The summed E-state index contributed by atoms with van der Waals surface area (Å²) in [5.41, 5.74) is 0. The van der Waals surface area contributed by atoms with Crippen LogP contribution in [-0.2, 0) is 14.3 Å². The number of unbranched alkanes of at least 4 members (excludes halogenated alkanes) is 41. The van der Waals surface area contributed by atoms with Crippen LogP contribution in [0.3, 0.4) is 0 Å². The van der Waals surface area contributed by atoms with Gasteiger partial charge in [-0.2, -0.15) is 0 Å². The van der Waals surface area contributed by atoms with E-state index < -0.39 is 12.1 Å². The molecule has 0 aliphatic carbocycles. The first-order valence-corrected chi connectivity index (χ1v) is 28.9. The molecular weight excluding hydrogens is 791 g/mol. The summed E-state index contributed by atoms with van der Waals surface area (Å²) in [5, 5.41) is 23.3. The van der Waals surface area contributed by atoms with Gasteiger partial charge in [0, 0.05) is 12.8 Å². The van der Waals surface area contributed by atoms with Crippen molar-refractivity contribution >= 4 is 11.9 Å². The van der Waals surface area contributed by atoms with Crippen molar-refractivity contribution in [3.8, 4) is 0 Å². The van der Waals surface area contributed by atoms with Crippen molar-refractivity contribution in [1.82, 2.24) is 5.32 Å². The van der Waals surface area contributed by atoms with Crippen molar-refractivity contribution in [3.05, 3.63) is 12.2 Å². The van der Waals surface area contributed by atoms with Gasteiger partial charge in [0.1, 0.15) is 0 Å². The van der Waals surface area contributed by atoms with Crippen molar-refractivity contribution in [2.75, 3.05) is 13.2 Å². The summed E-state index contributed by atoms with van der Waals surface area (Å²) in [6.45, 7) is 4.94. The smallest absolute Gasteiger partial charge is 0.305 e. The number of hydrogen-bond donors (Lipinski definition) is 3. The maximum atomic E-state index is 12.5. The zero-order valence-corrected chi connectivity index (χ0v) is 43.3. The van der Waals surface area contributed by atoms with Gasteiger partial charge in [0.05, 0.1) is 25.4 Å². The highest BCUT2D eigenvalue weighted by Crippen LogP contribution is 2.17. The van der Waals surface area contributed by atoms with E-state index in [1.807, 2.05) is 0 Å². The quantitative estimate of drug-likeness (QED) is 0.0321. The SMILES string of the molecule is CCCCCCCC/C=C\CCCCCCCC(=O)OCCCCCCCCCCCCCCCCC(=O)NC(CO)C(O)CCCCCCCCCCCCCCCCCCCC. The monoisotopic (exact) mass is 904 g/mol. The van der Waals surface area contributed by atoms with Crippen LogP contribution >= 0.6 is 0 Å². The van der Waals surface area contributed by atoms with Crippen LogP contribution in [0.25, 0.3) is 0 Å². The van der Waals surface area contributed by atoms with Gasteiger partial charge in [-0.15, -0.1) is 0 Å². The number of carbonyl (C=O) groups excluding carboxylic acids is 2. The third-order valence-corrected chi connectivity index (χ3v) is 13.6. The molecule has 0 radical (unpaired) electrons. The number of aliphatic hydroxyl groups is 2. The lowest BCUT2D eigenvalue weighted by atomic mass is 10.0. The zero-order chi connectivity index (χ0) is 46.5. The van der Waals surface area contributed by atoms with E-state index in [1.54, 1.807) is 0 Å². The van der Waals surface area contributed by atoms with Crippen LogP contribution in [0.4, 0.5) is 0 Å². The Labute approximate surface area is 399 Å². The first-order chi connectivity index (χ1) is 31.5. The molecule has 0 aromatic heterocycles. The van der Waals surface area contributed by atoms with Crippen LogP contribution in [0.1, 0.15) is 322 Å². The van der Waals surface area contributed by atoms with Crippen molar-refractivity contribution in [1.29, 1.82) is 0 Å². The molecule has 0 heterocycles. The summed E-state index contributed by atoms with van der Waals surface area (Å²) >= 11 is 0. The molecule has 6 heteroatoms. The highest BCUT2D eigenvalue weighted by atomic mass is 16.5. The minimum atomic E-state index is -0.671. The van der Waals surface area contributed by atoms with Gasteiger partial charge in [0.25, 0.3) is 0 Å². The molecule has 0 rings (SSSR count). The molecule has 0 spiro atoms. The molecule has 0 aliphatic rings. The molecule has 0 bridgehead atoms. The topological polar surface area (TPSA) is 95.9 Å². The summed E-state index contributed by atoms with van der Waals surface area (Å²) in [5.74, 6) is -0.0521. The van der Waals surface area contributed by atoms with Gasteiger partial charge in [-0.3, -0.25) is 9.59 Å². The largest absolute Gasteiger partial charge is 0.466 e. The maximum absolute atomic E-state index is 12.5. The Morgan fingerprint density at radius 1 is 0.422 bits per heavy atom. The average molecular weight is 905 g/mol. The van der Waals surface area contributed by atoms with Gasteiger partial charge in [-0.1, -0.05) is 270 Å². The number of rotatable bonds is 54. The second-order valence-corrected chi connectivity index (χ2v) is 20.0. The molecule has 0 aromatic carbocycles. The fourth-order valence-electron chi connectivity index (χ4n) is 9.11. The predicted octanol–water partition coefficient (Wildman–Crippen LogP) is 17.7. The summed E-state index contributed by atoms with van der Waals surface area (Å²) < 4.78 is 5.47. The third-order valence-electron chi connectivity index (χ3n) is 13.6. The van der Waals surface area contributed by atoms with E-state index in [0.717, 1.165) is 51.4 Å². The Hall–Kier alpha value is -1.40. The standard InChI is InChI=1S/C58H113NO5/c1-3-5-7-9-11-13-15-17-19-20-21-23-26-30-34-38-42-46-50-56(61)55(54-60)59-57(62)51-47-43-39-35-31-27-24-25-29-33-37-41-45-49-53-64-58(63)52-48-44-40-36-32-28-22-18-16-14-12-10-8-6-4-2/h18,22,55-56,60-61H,3-17,19-21,23-54H2,1-2H3,(H,59,62)/b22-18-. The van der Waals surface area contributed by atoms with Gasteiger partial charge in [0.15, 0.2) is 0 Å². The molecule has 64 heavy (non-hydrogen) atoms. The molecule has 3 N–H and O–H groups in total. The first kappa shape index (κ1) is 62.6. The minimum Gasteiger partial charge on any atom is -0.466 e. The Morgan fingerprint density at radius 2 is 0.734 bits per heavy atom. The minimum absolute atomic E-state index is 0.00923. The number of carbonyl (C=O) groups is 2. The molecule has 0 aromatic rings. The van der Waals surface area contributed by atoms with E-state index in [1.165, 1.54) is 238 Å². The van der Waals surface area contributed by atoms with Gasteiger partial charge in [-0.05, 0) is 51.4 Å². The number of ether oxygens (including phenoxy) is 1. The number of allylic oxidation sites excluding steroid dienone is 2. The van der Waals surface area contributed by atoms with Crippen molar-refractivity contribution in [3.63, 3.8) is 0 Å². The second kappa shape index (κ2) is 54.2. The molecular formula is C58H113NO5. The summed E-state index contributed by atoms with van der Waals surface area (Å²) in [4.78, 5) is 24.5. The van der Waals surface area contributed by atoms with E-state index in [0.29, 0.717) is 25.9 Å². The van der Waals surface area contributed by atoms with E-state index in [-0.39, 0.29) is 18.5 Å². The van der Waals surface area contributed by atoms with Crippen LogP contribution in [0.15, 0.2) is 12.2 Å². The molecule has 0 fully saturated rings. The molecule has 0 saturated carbocycles. The fraction of sp³-hybridized carbons (Fsp3) is 0.931. The Morgan fingerprint density at radius 3 is 1.11 bits per heavy atom. The van der Waals surface area contributed by atoms with E-state index in [2.05, 4.69) is 31.3 Å². The average Bonchev–Trinajstić information content (AvgIpc) is 3.29. The van der Waals surface area contributed by atoms with Crippen LogP contribution in [0.5, 0.6) is 0 Å². The molecule has 1 amide bonds. The van der Waals surface area contributed by atoms with Gasteiger partial charge < -0.3 is 20.3 Å². The highest BCUT2D eigenvalue weighted by molar-refractivity contribution is 5.76. The molecule has 2 atom stereocenters. The van der Waals surface area contributed by atoms with Crippen molar-refractivity contribution in [2.24, 2.45) is 0 Å².